The van der Waals surface area contributed by atoms with E-state index in [1.807, 2.05) is 121 Å². The van der Waals surface area contributed by atoms with E-state index in [-0.39, 0.29) is 0 Å². The Hall–Kier alpha value is -8.29. The van der Waals surface area contributed by atoms with E-state index in [1.54, 1.807) is 0 Å². The second-order valence-corrected chi connectivity index (χ2v) is 14.9. The normalized spacial score (nSPS) is 11.7. The number of para-hydroxylation sites is 5. The summed E-state index contributed by atoms with van der Waals surface area (Å²) in [5.41, 5.74) is 11.5. The molecule has 8 aromatic carbocycles. The minimum atomic E-state index is 0.539. The van der Waals surface area contributed by atoms with Gasteiger partial charge in [-0.3, -0.25) is 0 Å². The zero-order valence-corrected chi connectivity index (χ0v) is 32.0. The Bertz CT molecular complexity index is 3480. The molecule has 0 aliphatic rings. The fourth-order valence-electron chi connectivity index (χ4n) is 8.25. The first kappa shape index (κ1) is 33.8. The van der Waals surface area contributed by atoms with Crippen molar-refractivity contribution in [2.45, 2.75) is 0 Å². The number of benzene rings is 8. The number of furan rings is 2. The van der Waals surface area contributed by atoms with Gasteiger partial charge in [0.15, 0.2) is 23.3 Å². The molecule has 60 heavy (non-hydrogen) atoms. The molecule has 7 heteroatoms. The summed E-state index contributed by atoms with van der Waals surface area (Å²) in [4.78, 5) is 24.9. The topological polar surface area (TPSA) is 90.7 Å². The molecule has 0 aliphatic carbocycles. The monoisotopic (exact) mass is 769 g/mol. The molecule has 0 amide bonds. The SMILES string of the molecule is c1ccc(-c2nc(-c3ccc(-c4ncc5ccccc5n4)cc3)nc(-c3cc(-c4cccc5c4oc4ccccc45)cc(-c4cccc5c4oc4ccccc45)c3)n2)cc1. The van der Waals surface area contributed by atoms with Crippen molar-refractivity contribution in [1.82, 2.24) is 24.9 Å². The molecule has 4 aromatic heterocycles. The van der Waals surface area contributed by atoms with Crippen LogP contribution in [0.25, 0.3) is 123 Å². The summed E-state index contributed by atoms with van der Waals surface area (Å²) in [7, 11) is 0. The number of rotatable bonds is 6. The summed E-state index contributed by atoms with van der Waals surface area (Å²) in [5.74, 6) is 2.32. The first-order valence-corrected chi connectivity index (χ1v) is 19.8. The average Bonchev–Trinajstić information content (AvgIpc) is 3.90. The lowest BCUT2D eigenvalue weighted by Crippen LogP contribution is -2.01. The number of aromatic nitrogens is 5. The van der Waals surface area contributed by atoms with Gasteiger partial charge in [0.25, 0.3) is 0 Å². The van der Waals surface area contributed by atoms with Crippen LogP contribution in [0.1, 0.15) is 0 Å². The summed E-state index contributed by atoms with van der Waals surface area (Å²) in [6, 6.07) is 61.6. The van der Waals surface area contributed by atoms with Crippen molar-refractivity contribution in [2.24, 2.45) is 0 Å². The first-order chi connectivity index (χ1) is 29.7. The number of hydrogen-bond donors (Lipinski definition) is 0. The zero-order chi connectivity index (χ0) is 39.6. The lowest BCUT2D eigenvalue weighted by atomic mass is 9.94. The highest BCUT2D eigenvalue weighted by Crippen LogP contribution is 2.42. The molecular formula is C53H31N5O2. The van der Waals surface area contributed by atoms with E-state index in [0.29, 0.717) is 23.3 Å². The smallest absolute Gasteiger partial charge is 0.164 e. The maximum absolute atomic E-state index is 6.59. The van der Waals surface area contributed by atoms with Crippen LogP contribution in [0.4, 0.5) is 0 Å². The Morgan fingerprint density at radius 1 is 0.317 bits per heavy atom. The third-order valence-corrected chi connectivity index (χ3v) is 11.2. The van der Waals surface area contributed by atoms with Crippen molar-refractivity contribution >= 4 is 54.8 Å². The van der Waals surface area contributed by atoms with Crippen molar-refractivity contribution in [3.63, 3.8) is 0 Å². The third kappa shape index (κ3) is 5.71. The van der Waals surface area contributed by atoms with Crippen LogP contribution in [0, 0.1) is 0 Å². The van der Waals surface area contributed by atoms with Crippen molar-refractivity contribution < 1.29 is 8.83 Å². The number of hydrogen-bond acceptors (Lipinski definition) is 7. The molecule has 0 saturated carbocycles. The largest absolute Gasteiger partial charge is 0.455 e. The van der Waals surface area contributed by atoms with E-state index in [0.717, 1.165) is 99.3 Å². The third-order valence-electron chi connectivity index (χ3n) is 11.2. The van der Waals surface area contributed by atoms with Gasteiger partial charge in [0.1, 0.15) is 22.3 Å². The molecule has 0 N–H and O–H groups in total. The van der Waals surface area contributed by atoms with Crippen LogP contribution in [0.3, 0.4) is 0 Å². The van der Waals surface area contributed by atoms with E-state index < -0.39 is 0 Å². The van der Waals surface area contributed by atoms with Crippen LogP contribution in [0.15, 0.2) is 197 Å². The lowest BCUT2D eigenvalue weighted by Gasteiger charge is -2.13. The van der Waals surface area contributed by atoms with Gasteiger partial charge in [-0.25, -0.2) is 24.9 Å². The molecule has 0 bridgehead atoms. The van der Waals surface area contributed by atoms with Gasteiger partial charge in [0.2, 0.25) is 0 Å². The Balaban J connectivity index is 1.06. The summed E-state index contributed by atoms with van der Waals surface area (Å²) in [5, 5.41) is 5.26. The molecule has 4 heterocycles. The summed E-state index contributed by atoms with van der Waals surface area (Å²) < 4.78 is 13.2. The van der Waals surface area contributed by atoms with E-state index in [4.69, 9.17) is 28.8 Å². The van der Waals surface area contributed by atoms with Crippen molar-refractivity contribution in [1.29, 1.82) is 0 Å². The predicted molar refractivity (Wildman–Crippen MR) is 240 cm³/mol. The van der Waals surface area contributed by atoms with Gasteiger partial charge in [0, 0.05) is 66.5 Å². The number of nitrogens with zero attached hydrogens (tertiary/aromatic N) is 5. The van der Waals surface area contributed by atoms with E-state index in [1.165, 1.54) is 0 Å². The van der Waals surface area contributed by atoms with E-state index in [9.17, 15) is 0 Å². The maximum Gasteiger partial charge on any atom is 0.164 e. The minimum absolute atomic E-state index is 0.539. The fourth-order valence-corrected chi connectivity index (χ4v) is 8.25. The van der Waals surface area contributed by atoms with E-state index in [2.05, 4.69) is 71.7 Å². The molecule has 0 unspecified atom stereocenters. The quantitative estimate of drug-likeness (QED) is 0.166. The standard InChI is InChI=1S/C53H31N5O2/c1-2-12-32(13-3-1)51-56-52(34-26-24-33(25-27-34)50-54-31-35-14-4-7-21-45(35)55-50)58-53(57-51)38-29-36(39-17-10-19-43-41-15-5-8-22-46(41)59-48(39)43)28-37(30-38)40-18-11-20-44-42-16-6-9-23-47(42)60-49(40)44/h1-31H. The highest BCUT2D eigenvalue weighted by atomic mass is 16.3. The molecule has 0 radical (unpaired) electrons. The maximum atomic E-state index is 6.59. The van der Waals surface area contributed by atoms with Gasteiger partial charge >= 0.3 is 0 Å². The zero-order valence-electron chi connectivity index (χ0n) is 32.0. The second kappa shape index (κ2) is 13.7. The molecule has 0 fully saturated rings. The molecule has 0 aliphatic heterocycles. The Morgan fingerprint density at radius 3 is 1.40 bits per heavy atom. The Kier molecular flexibility index (Phi) is 7.71. The fraction of sp³-hybridized carbons (Fsp3) is 0. The van der Waals surface area contributed by atoms with Crippen LogP contribution >= 0.6 is 0 Å². The van der Waals surface area contributed by atoms with Gasteiger partial charge < -0.3 is 8.83 Å². The summed E-state index contributed by atoms with van der Waals surface area (Å²) in [6.07, 6.45) is 1.86. The highest BCUT2D eigenvalue weighted by Gasteiger charge is 2.20. The van der Waals surface area contributed by atoms with Crippen LogP contribution < -0.4 is 0 Å². The van der Waals surface area contributed by atoms with Crippen LogP contribution in [0.2, 0.25) is 0 Å². The van der Waals surface area contributed by atoms with E-state index >= 15 is 0 Å². The molecule has 0 saturated heterocycles. The minimum Gasteiger partial charge on any atom is -0.455 e. The Morgan fingerprint density at radius 2 is 0.783 bits per heavy atom. The molecular weight excluding hydrogens is 739 g/mol. The van der Waals surface area contributed by atoms with Crippen LogP contribution in [-0.2, 0) is 0 Å². The molecule has 0 spiro atoms. The van der Waals surface area contributed by atoms with Gasteiger partial charge in [-0.1, -0.05) is 146 Å². The van der Waals surface area contributed by atoms with Gasteiger partial charge in [-0.15, -0.1) is 0 Å². The van der Waals surface area contributed by atoms with Gasteiger partial charge in [0.05, 0.1) is 5.52 Å². The average molecular weight is 770 g/mol. The van der Waals surface area contributed by atoms with Crippen LogP contribution in [0.5, 0.6) is 0 Å². The molecule has 12 aromatic rings. The highest BCUT2D eigenvalue weighted by molar-refractivity contribution is 6.11. The van der Waals surface area contributed by atoms with Crippen LogP contribution in [-0.4, -0.2) is 24.9 Å². The molecule has 12 rings (SSSR count). The van der Waals surface area contributed by atoms with Gasteiger partial charge in [-0.05, 0) is 47.5 Å². The number of fused-ring (bicyclic) bond motifs is 7. The summed E-state index contributed by atoms with van der Waals surface area (Å²) in [6.45, 7) is 0. The predicted octanol–water partition coefficient (Wildman–Crippen LogP) is 13.6. The van der Waals surface area contributed by atoms with Crippen molar-refractivity contribution in [2.75, 3.05) is 0 Å². The second-order valence-electron chi connectivity index (χ2n) is 14.9. The Labute approximate surface area is 343 Å². The molecule has 280 valence electrons. The van der Waals surface area contributed by atoms with Crippen molar-refractivity contribution in [3.05, 3.63) is 188 Å². The lowest BCUT2D eigenvalue weighted by molar-refractivity contribution is 0.670. The molecule has 7 nitrogen and oxygen atoms in total. The summed E-state index contributed by atoms with van der Waals surface area (Å²) >= 11 is 0. The van der Waals surface area contributed by atoms with Gasteiger partial charge in [-0.2, -0.15) is 0 Å². The first-order valence-electron chi connectivity index (χ1n) is 19.8. The molecule has 0 atom stereocenters. The van der Waals surface area contributed by atoms with Crippen molar-refractivity contribution in [3.8, 4) is 67.8 Å².